The van der Waals surface area contributed by atoms with Crippen LogP contribution in [0.2, 0.25) is 5.02 Å². The highest BCUT2D eigenvalue weighted by Crippen LogP contribution is 2.40. The van der Waals surface area contributed by atoms with Crippen LogP contribution < -0.4 is 10.1 Å². The van der Waals surface area contributed by atoms with Crippen LogP contribution in [0.15, 0.2) is 79.0 Å². The molecule has 2 aliphatic rings. The molecular weight excluding hydrogens is 530 g/mol. The first-order valence-electron chi connectivity index (χ1n) is 15.1. The van der Waals surface area contributed by atoms with Crippen molar-refractivity contribution in [2.75, 3.05) is 13.7 Å². The van der Waals surface area contributed by atoms with Gasteiger partial charge in [0.05, 0.1) is 18.2 Å². The largest absolute Gasteiger partial charge is 0.495 e. The lowest BCUT2D eigenvalue weighted by molar-refractivity contribution is 0.0952. The van der Waals surface area contributed by atoms with Crippen LogP contribution >= 0.6 is 11.6 Å². The number of fused-ring (bicyclic) bond motifs is 3. The van der Waals surface area contributed by atoms with E-state index in [1.165, 1.54) is 44.1 Å². The molecule has 0 saturated carbocycles. The summed E-state index contributed by atoms with van der Waals surface area (Å²) in [6, 6.07) is 25.9. The van der Waals surface area contributed by atoms with E-state index in [0.29, 0.717) is 17.1 Å². The minimum Gasteiger partial charge on any atom is -0.495 e. The summed E-state index contributed by atoms with van der Waals surface area (Å²) in [6.07, 6.45) is 10.9. The van der Waals surface area contributed by atoms with Crippen molar-refractivity contribution >= 4 is 28.4 Å². The van der Waals surface area contributed by atoms with Gasteiger partial charge in [-0.1, -0.05) is 66.2 Å². The smallest absolute Gasteiger partial charge is 0.253 e. The third-order valence-electron chi connectivity index (χ3n) is 9.15. The van der Waals surface area contributed by atoms with Crippen LogP contribution in [0, 0.1) is 5.92 Å². The molecule has 4 aromatic rings. The van der Waals surface area contributed by atoms with Crippen molar-refractivity contribution in [3.05, 3.63) is 101 Å². The average Bonchev–Trinajstić information content (AvgIpc) is 3.48. The molecule has 1 aromatic heterocycles. The lowest BCUT2D eigenvalue weighted by atomic mass is 9.86. The van der Waals surface area contributed by atoms with Gasteiger partial charge < -0.3 is 14.6 Å². The van der Waals surface area contributed by atoms with Crippen LogP contribution in [-0.2, 0) is 19.5 Å². The molecule has 214 valence electrons. The molecule has 1 N–H and O–H groups in total. The number of nitrogens with zero attached hydrogens (tertiary/aromatic N) is 2. The Kier molecular flexibility index (Phi) is 8.64. The molecule has 1 unspecified atom stereocenters. The molecule has 0 radical (unpaired) electrons. The Morgan fingerprint density at radius 1 is 0.951 bits per heavy atom. The number of aromatic nitrogens is 1. The fourth-order valence-corrected chi connectivity index (χ4v) is 7.41. The number of carbonyl (C=O) groups is 1. The molecule has 0 aliphatic carbocycles. The highest BCUT2D eigenvalue weighted by molar-refractivity contribution is 6.30. The summed E-state index contributed by atoms with van der Waals surface area (Å²) in [6.45, 7) is 2.39. The second-order valence-electron chi connectivity index (χ2n) is 11.7. The highest BCUT2D eigenvalue weighted by atomic mass is 35.5. The van der Waals surface area contributed by atoms with Crippen molar-refractivity contribution in [2.45, 2.75) is 70.1 Å². The molecule has 3 atom stereocenters. The van der Waals surface area contributed by atoms with Crippen molar-refractivity contribution < 1.29 is 9.53 Å². The number of nitrogens with one attached hydrogen (secondary N) is 1. The van der Waals surface area contributed by atoms with Gasteiger partial charge in [-0.3, -0.25) is 9.69 Å². The molecule has 2 fully saturated rings. The number of aryl methyl sites for hydroxylation is 2. The van der Waals surface area contributed by atoms with Crippen molar-refractivity contribution in [2.24, 2.45) is 5.92 Å². The normalized spacial score (nSPS) is 20.4. The standard InChI is InChI=1S/C35H40ClN3O2/c1-41-33-13-6-12-31-32(35(40)37-23-27-10-5-11-28(36)20-27)24-38(34(31)33)18-7-19-39-29-16-17-30(39)22-26(21-29)15-14-25-8-3-2-4-9-25/h2-6,8-13,20,24,26,29-30H,7,14-19,21-23H2,1H3,(H,37,40)/t26?,29-,30+. The van der Waals surface area contributed by atoms with Gasteiger partial charge in [0.25, 0.3) is 5.91 Å². The minimum atomic E-state index is -0.0856. The SMILES string of the molecule is COc1cccc2c(C(=O)NCc3cccc(Cl)c3)cn(CCCN3[C@@H]4CC[C@H]3CC(CCc3ccccc3)C4)c12. The minimum absolute atomic E-state index is 0.0856. The van der Waals surface area contributed by atoms with Crippen molar-refractivity contribution in [3.63, 3.8) is 0 Å². The maximum absolute atomic E-state index is 13.3. The van der Waals surface area contributed by atoms with Gasteiger partial charge in [-0.2, -0.15) is 0 Å². The summed E-state index contributed by atoms with van der Waals surface area (Å²) in [5, 5.41) is 4.67. The molecule has 6 heteroatoms. The van der Waals surface area contributed by atoms with Gasteiger partial charge in [0, 0.05) is 48.3 Å². The molecule has 3 heterocycles. The lowest BCUT2D eigenvalue weighted by Gasteiger charge is -2.39. The molecule has 6 rings (SSSR count). The number of rotatable bonds is 11. The first kappa shape index (κ1) is 27.9. The molecule has 2 aliphatic heterocycles. The van der Waals surface area contributed by atoms with Crippen LogP contribution in [0.1, 0.15) is 60.0 Å². The van der Waals surface area contributed by atoms with Crippen molar-refractivity contribution in [1.82, 2.24) is 14.8 Å². The number of methoxy groups -OCH3 is 1. The number of halogens is 1. The summed E-state index contributed by atoms with van der Waals surface area (Å²) in [5.41, 5.74) is 4.12. The molecule has 1 amide bonds. The first-order chi connectivity index (χ1) is 20.1. The zero-order valence-electron chi connectivity index (χ0n) is 23.9. The summed E-state index contributed by atoms with van der Waals surface area (Å²) in [5.74, 6) is 1.56. The number of carbonyl (C=O) groups excluding carboxylic acids is 1. The molecule has 2 bridgehead atoms. The summed E-state index contributed by atoms with van der Waals surface area (Å²) >= 11 is 6.13. The van der Waals surface area contributed by atoms with Gasteiger partial charge in [-0.25, -0.2) is 0 Å². The van der Waals surface area contributed by atoms with E-state index in [2.05, 4.69) is 45.1 Å². The van der Waals surface area contributed by atoms with E-state index in [1.54, 1.807) is 7.11 Å². The Labute approximate surface area is 248 Å². The Hall–Kier alpha value is -3.28. The summed E-state index contributed by atoms with van der Waals surface area (Å²) < 4.78 is 7.95. The summed E-state index contributed by atoms with van der Waals surface area (Å²) in [4.78, 5) is 16.1. The summed E-state index contributed by atoms with van der Waals surface area (Å²) in [7, 11) is 1.70. The molecular formula is C35H40ClN3O2. The maximum Gasteiger partial charge on any atom is 0.253 e. The average molecular weight is 570 g/mol. The van der Waals surface area contributed by atoms with E-state index in [0.717, 1.165) is 59.7 Å². The monoisotopic (exact) mass is 569 g/mol. The van der Waals surface area contributed by atoms with Crippen LogP contribution in [0.5, 0.6) is 5.75 Å². The number of benzene rings is 3. The van der Waals surface area contributed by atoms with Gasteiger partial charge >= 0.3 is 0 Å². The van der Waals surface area contributed by atoms with E-state index >= 15 is 0 Å². The van der Waals surface area contributed by atoms with Crippen molar-refractivity contribution in [1.29, 1.82) is 0 Å². The van der Waals surface area contributed by atoms with Crippen LogP contribution in [0.3, 0.4) is 0 Å². The zero-order chi connectivity index (χ0) is 28.2. The van der Waals surface area contributed by atoms with Gasteiger partial charge in [0.2, 0.25) is 0 Å². The number of hydrogen-bond acceptors (Lipinski definition) is 3. The quantitative estimate of drug-likeness (QED) is 0.203. The van der Waals surface area contributed by atoms with Gasteiger partial charge in [0.1, 0.15) is 5.75 Å². The predicted octanol–water partition coefficient (Wildman–Crippen LogP) is 7.50. The maximum atomic E-state index is 13.3. The van der Waals surface area contributed by atoms with Crippen LogP contribution in [0.4, 0.5) is 0 Å². The number of ether oxygens (including phenoxy) is 1. The third kappa shape index (κ3) is 6.32. The Bertz CT molecular complexity index is 1470. The molecule has 3 aromatic carbocycles. The predicted molar refractivity (Wildman–Crippen MR) is 167 cm³/mol. The Morgan fingerprint density at radius 2 is 1.71 bits per heavy atom. The Morgan fingerprint density at radius 3 is 2.46 bits per heavy atom. The highest BCUT2D eigenvalue weighted by Gasteiger charge is 2.39. The third-order valence-corrected chi connectivity index (χ3v) is 9.38. The second-order valence-corrected chi connectivity index (χ2v) is 12.2. The number of para-hydroxylation sites is 1. The molecule has 2 saturated heterocycles. The van der Waals surface area contributed by atoms with Crippen molar-refractivity contribution in [3.8, 4) is 5.75 Å². The molecule has 41 heavy (non-hydrogen) atoms. The van der Waals surface area contributed by atoms with Gasteiger partial charge in [-0.05, 0) is 80.2 Å². The van der Waals surface area contributed by atoms with E-state index in [4.69, 9.17) is 16.3 Å². The Balaban J connectivity index is 1.09. The molecule has 0 spiro atoms. The topological polar surface area (TPSA) is 46.5 Å². The fraction of sp³-hybridized carbons (Fsp3) is 0.400. The zero-order valence-corrected chi connectivity index (χ0v) is 24.7. The van der Waals surface area contributed by atoms with E-state index in [9.17, 15) is 4.79 Å². The van der Waals surface area contributed by atoms with E-state index in [-0.39, 0.29) is 5.91 Å². The van der Waals surface area contributed by atoms with Gasteiger partial charge in [0.15, 0.2) is 0 Å². The first-order valence-corrected chi connectivity index (χ1v) is 15.4. The van der Waals surface area contributed by atoms with E-state index < -0.39 is 0 Å². The number of amides is 1. The number of piperidine rings is 1. The number of hydrogen-bond donors (Lipinski definition) is 1. The molecule has 5 nitrogen and oxygen atoms in total. The van der Waals surface area contributed by atoms with Crippen LogP contribution in [-0.4, -0.2) is 41.1 Å². The van der Waals surface area contributed by atoms with E-state index in [1.807, 2.05) is 48.7 Å². The lowest BCUT2D eigenvalue weighted by Crippen LogP contribution is -2.43. The second kappa shape index (κ2) is 12.7. The van der Waals surface area contributed by atoms with Crippen LogP contribution in [0.25, 0.3) is 10.9 Å². The van der Waals surface area contributed by atoms with Gasteiger partial charge in [-0.15, -0.1) is 0 Å². The fourth-order valence-electron chi connectivity index (χ4n) is 7.20.